The normalized spacial score (nSPS) is 18.2. The van der Waals surface area contributed by atoms with Crippen LogP contribution in [0.15, 0.2) is 71.3 Å². The average Bonchev–Trinajstić information content (AvgIpc) is 2.82. The molecule has 0 aromatic heterocycles. The van der Waals surface area contributed by atoms with E-state index in [-0.39, 0.29) is 22.7 Å². The fraction of sp³-hybridized carbons (Fsp3) is 0.308. The summed E-state index contributed by atoms with van der Waals surface area (Å²) in [6.07, 6.45) is 0.968. The third-order valence-corrected chi connectivity index (χ3v) is 5.83. The highest BCUT2D eigenvalue weighted by molar-refractivity contribution is 7.46. The molecule has 2 aliphatic rings. The molecule has 1 atom stereocenters. The van der Waals surface area contributed by atoms with E-state index in [2.05, 4.69) is 22.7 Å². The number of nitrogens with zero attached hydrogens (tertiary/aromatic N) is 3. The summed E-state index contributed by atoms with van der Waals surface area (Å²) in [4.78, 5) is 13.1. The lowest BCUT2D eigenvalue weighted by Gasteiger charge is -2.37. The van der Waals surface area contributed by atoms with Crippen molar-refractivity contribution in [1.29, 1.82) is 5.26 Å². The molecule has 2 aromatic rings. The molecule has 0 radical (unpaired) electrons. The van der Waals surface area contributed by atoms with Crippen molar-refractivity contribution in [3.63, 3.8) is 0 Å². The molecule has 180 valence electrons. The number of nitriles is 1. The summed E-state index contributed by atoms with van der Waals surface area (Å²) in [5.41, 5.74) is 15.4. The number of rotatable bonds is 5. The van der Waals surface area contributed by atoms with Gasteiger partial charge in [-0.05, 0) is 28.7 Å². The van der Waals surface area contributed by atoms with E-state index in [0.29, 0.717) is 42.3 Å². The van der Waals surface area contributed by atoms with Crippen molar-refractivity contribution in [1.82, 2.24) is 4.16 Å². The summed E-state index contributed by atoms with van der Waals surface area (Å²) in [6.45, 7) is 4.41. The van der Waals surface area contributed by atoms with E-state index >= 15 is 0 Å². The molecule has 1 aliphatic carbocycles. The molecule has 8 nitrogen and oxygen atoms in total. The van der Waals surface area contributed by atoms with E-state index < -0.39 is 5.92 Å². The van der Waals surface area contributed by atoms with Gasteiger partial charge in [-0.15, -0.1) is 0 Å². The summed E-state index contributed by atoms with van der Waals surface area (Å²) in [5, 5.41) is 9.84. The molecule has 35 heavy (non-hydrogen) atoms. The van der Waals surface area contributed by atoms with Gasteiger partial charge in [0.05, 0.1) is 13.0 Å². The summed E-state index contributed by atoms with van der Waals surface area (Å²) in [7, 11) is 1.57. The Bertz CT molecular complexity index is 1260. The first-order valence-electron chi connectivity index (χ1n) is 10.9. The first-order chi connectivity index (χ1) is 16.7. The third-order valence-electron chi connectivity index (χ3n) is 5.83. The largest absolute Gasteiger partial charge is 0.493 e. The highest BCUT2D eigenvalue weighted by Gasteiger charge is 2.43. The molecule has 0 spiro atoms. The second-order valence-electron chi connectivity index (χ2n) is 8.97. The highest BCUT2D eigenvalue weighted by atomic mass is 32.1. The number of methoxy groups -OCH3 is 1. The lowest BCUT2D eigenvalue weighted by molar-refractivity contribution is -0.119. The van der Waals surface area contributed by atoms with Crippen LogP contribution in [0.5, 0.6) is 11.5 Å². The lowest BCUT2D eigenvalue weighted by Crippen LogP contribution is -2.33. The lowest BCUT2D eigenvalue weighted by atomic mass is 9.70. The standard InChI is InChI=1S/C26H26N2O4.N2S/c1-26(2)12-19(29)24-22(13-26)32-25(28)18(14-27)23(24)17-9-10-20(30-3)21(11-17)31-15-16-7-5-4-6-8-16;1-2-3/h4-11,23H,12-13,15,28H2,1-3H3;. The van der Waals surface area contributed by atoms with Crippen LogP contribution in [-0.2, 0) is 28.6 Å². The zero-order valence-electron chi connectivity index (χ0n) is 19.8. The Kier molecular flexibility index (Phi) is 8.02. The molecule has 4 rings (SSSR count). The Morgan fingerprint density at radius 1 is 1.23 bits per heavy atom. The van der Waals surface area contributed by atoms with Gasteiger partial charge in [-0.25, -0.2) is 0 Å². The van der Waals surface area contributed by atoms with Gasteiger partial charge in [0.15, 0.2) is 17.3 Å². The monoisotopic (exact) mass is 490 g/mol. The zero-order chi connectivity index (χ0) is 25.6. The van der Waals surface area contributed by atoms with Gasteiger partial charge >= 0.3 is 12.4 Å². The number of allylic oxidation sites excluding steroid dienone is 3. The van der Waals surface area contributed by atoms with Gasteiger partial charge < -0.3 is 25.5 Å². The van der Waals surface area contributed by atoms with E-state index in [1.165, 1.54) is 0 Å². The van der Waals surface area contributed by atoms with Crippen molar-refractivity contribution in [2.45, 2.75) is 39.2 Å². The predicted molar refractivity (Wildman–Crippen MR) is 132 cm³/mol. The maximum absolute atomic E-state index is 13.1. The Morgan fingerprint density at radius 2 is 1.91 bits per heavy atom. The first-order valence-corrected chi connectivity index (χ1v) is 11.3. The minimum atomic E-state index is -0.600. The van der Waals surface area contributed by atoms with Crippen molar-refractivity contribution in [2.75, 3.05) is 7.11 Å². The zero-order valence-corrected chi connectivity index (χ0v) is 20.6. The summed E-state index contributed by atoms with van der Waals surface area (Å²) < 4.78 is 19.4. The molecular formula is C26H26N4O4S. The predicted octanol–water partition coefficient (Wildman–Crippen LogP) is 4.53. The second-order valence-corrected chi connectivity index (χ2v) is 9.13. The van der Waals surface area contributed by atoms with Gasteiger partial charge in [-0.3, -0.25) is 4.79 Å². The molecule has 1 aliphatic heterocycles. The molecule has 1 heterocycles. The molecule has 0 fully saturated rings. The smallest absolute Gasteiger partial charge is 0.409 e. The Labute approximate surface area is 209 Å². The summed E-state index contributed by atoms with van der Waals surface area (Å²) >= 11 is 3.57. The van der Waals surface area contributed by atoms with Crippen LogP contribution in [0.4, 0.5) is 0 Å². The fourth-order valence-electron chi connectivity index (χ4n) is 4.34. The number of carbonyl (C=O) groups is 1. The molecule has 1 unspecified atom stereocenters. The highest BCUT2D eigenvalue weighted by Crippen LogP contribution is 2.48. The molecular weight excluding hydrogens is 464 g/mol. The molecule has 0 bridgehead atoms. The molecule has 0 saturated carbocycles. The van der Waals surface area contributed by atoms with Crippen LogP contribution in [0.2, 0.25) is 0 Å². The van der Waals surface area contributed by atoms with E-state index in [4.69, 9.17) is 25.5 Å². The molecule has 2 aromatic carbocycles. The van der Waals surface area contributed by atoms with Crippen LogP contribution in [0, 0.1) is 16.7 Å². The molecule has 9 heteroatoms. The van der Waals surface area contributed by atoms with E-state index in [1.807, 2.05) is 56.3 Å². The number of benzene rings is 2. The van der Waals surface area contributed by atoms with E-state index in [1.54, 1.807) is 13.2 Å². The van der Waals surface area contributed by atoms with Gasteiger partial charge in [0.2, 0.25) is 5.88 Å². The topological polar surface area (TPSA) is 131 Å². The quantitative estimate of drug-likeness (QED) is 0.481. The molecule has 0 amide bonds. The second kappa shape index (κ2) is 11.0. The summed E-state index contributed by atoms with van der Waals surface area (Å²) in [5.74, 6) is 1.07. The van der Waals surface area contributed by atoms with Gasteiger partial charge in [0.25, 0.3) is 0 Å². The number of nitrogens with two attached hydrogens (primary N) is 1. The Balaban J connectivity index is 0.00000108. The number of carbonyl (C=O) groups excluding carboxylic acids is 1. The Morgan fingerprint density at radius 3 is 2.54 bits per heavy atom. The van der Waals surface area contributed by atoms with Gasteiger partial charge in [-0.2, -0.15) is 5.26 Å². The molecule has 0 saturated heterocycles. The number of ketones is 1. The van der Waals surface area contributed by atoms with Crippen LogP contribution in [0.1, 0.15) is 43.7 Å². The van der Waals surface area contributed by atoms with Crippen LogP contribution in [0.3, 0.4) is 0 Å². The fourth-order valence-corrected chi connectivity index (χ4v) is 4.34. The first kappa shape index (κ1) is 25.6. The van der Waals surface area contributed by atoms with Crippen LogP contribution in [-0.4, -0.2) is 12.9 Å². The van der Waals surface area contributed by atoms with E-state index in [9.17, 15) is 10.1 Å². The van der Waals surface area contributed by atoms with Crippen molar-refractivity contribution in [3.05, 3.63) is 88.0 Å². The number of ether oxygens (including phenoxy) is 3. The number of Topliss-reactive ketones (excluding diaryl/α,β-unsaturated/α-hetero) is 1. The van der Waals surface area contributed by atoms with Crippen LogP contribution in [0.25, 0.3) is 5.53 Å². The average molecular weight is 491 g/mol. The number of hydrogen-bond donors (Lipinski definition) is 1. The SMILES string of the molecule is COc1ccc(C2C(C#N)=C(N)OC3=C2C(=O)CC(C)(C)C3)cc1OCc1ccccc1.[N-]=[N+]=S. The minimum absolute atomic E-state index is 0.0240. The third kappa shape index (κ3) is 5.75. The van der Waals surface area contributed by atoms with Crippen molar-refractivity contribution < 1.29 is 19.0 Å². The minimum Gasteiger partial charge on any atom is -0.493 e. The van der Waals surface area contributed by atoms with Crippen LogP contribution < -0.4 is 19.4 Å². The van der Waals surface area contributed by atoms with E-state index in [0.717, 1.165) is 11.1 Å². The van der Waals surface area contributed by atoms with Gasteiger partial charge in [-0.1, -0.05) is 54.4 Å². The van der Waals surface area contributed by atoms with Crippen molar-refractivity contribution in [2.24, 2.45) is 11.1 Å². The maximum Gasteiger partial charge on any atom is 0.409 e. The van der Waals surface area contributed by atoms with Gasteiger partial charge in [0, 0.05) is 18.4 Å². The summed E-state index contributed by atoms with van der Waals surface area (Å²) in [6, 6.07) is 17.4. The number of hydrogen-bond acceptors (Lipinski definition) is 7. The maximum atomic E-state index is 13.1. The molecule has 2 N–H and O–H groups in total. The van der Waals surface area contributed by atoms with Gasteiger partial charge in [0.1, 0.15) is 24.0 Å². The van der Waals surface area contributed by atoms with Crippen molar-refractivity contribution in [3.8, 4) is 17.6 Å². The Hall–Kier alpha value is -3.99. The van der Waals surface area contributed by atoms with Crippen LogP contribution >= 0.6 is 0 Å². The van der Waals surface area contributed by atoms with Crippen molar-refractivity contribution >= 4 is 18.2 Å².